The Kier molecular flexibility index (Phi) is 3.18. The number of nitrogens with zero attached hydrogens (tertiary/aromatic N) is 2. The molecule has 4 aliphatic heterocycles. The highest BCUT2D eigenvalue weighted by Crippen LogP contribution is 2.36. The number of fused-ring (bicyclic) bond motifs is 2. The van der Waals surface area contributed by atoms with Gasteiger partial charge in [-0.1, -0.05) is 12.1 Å². The number of piperidine rings is 3. The predicted molar refractivity (Wildman–Crippen MR) is 82.9 cm³/mol. The van der Waals surface area contributed by atoms with Gasteiger partial charge in [0.05, 0.1) is 20.2 Å². The third-order valence-corrected chi connectivity index (χ3v) is 5.39. The van der Waals surface area contributed by atoms with Gasteiger partial charge < -0.3 is 9.64 Å². The molecule has 1 aromatic carbocycles. The highest BCUT2D eigenvalue weighted by molar-refractivity contribution is 5.95. The molecule has 0 aromatic heterocycles. The monoisotopic (exact) mass is 300 g/mol. The van der Waals surface area contributed by atoms with Crippen molar-refractivity contribution in [2.75, 3.05) is 20.2 Å². The zero-order valence-corrected chi connectivity index (χ0v) is 13.1. The molecule has 0 saturated carbocycles. The first kappa shape index (κ1) is 13.8. The molecular formula is C17H22N3O2+. The zero-order chi connectivity index (χ0) is 15.3. The van der Waals surface area contributed by atoms with Crippen LogP contribution in [-0.4, -0.2) is 42.9 Å². The summed E-state index contributed by atoms with van der Waals surface area (Å²) >= 11 is 0. The van der Waals surface area contributed by atoms with Crippen LogP contribution in [0.2, 0.25) is 0 Å². The van der Waals surface area contributed by atoms with Crippen molar-refractivity contribution in [2.24, 2.45) is 11.0 Å². The van der Waals surface area contributed by atoms with Crippen molar-refractivity contribution in [3.63, 3.8) is 0 Å². The maximum Gasteiger partial charge on any atom is 0.240 e. The summed E-state index contributed by atoms with van der Waals surface area (Å²) in [4.78, 5) is 13.7. The molecule has 3 fully saturated rings. The van der Waals surface area contributed by atoms with E-state index in [1.165, 1.54) is 31.6 Å². The van der Waals surface area contributed by atoms with Crippen LogP contribution in [0.25, 0.3) is 0 Å². The first-order chi connectivity index (χ1) is 10.7. The lowest BCUT2D eigenvalue weighted by atomic mass is 9.78. The first-order valence-corrected chi connectivity index (χ1v) is 8.05. The lowest BCUT2D eigenvalue weighted by Crippen LogP contribution is -3.20. The second-order valence-corrected chi connectivity index (χ2v) is 6.52. The average molecular weight is 300 g/mol. The van der Waals surface area contributed by atoms with E-state index in [0.29, 0.717) is 12.0 Å². The molecule has 0 radical (unpaired) electrons. The molecule has 0 spiro atoms. The highest BCUT2D eigenvalue weighted by atomic mass is 16.5. The van der Waals surface area contributed by atoms with Gasteiger partial charge in [-0.2, -0.15) is 5.10 Å². The van der Waals surface area contributed by atoms with E-state index in [-0.39, 0.29) is 11.9 Å². The topological polar surface area (TPSA) is 46.3 Å². The summed E-state index contributed by atoms with van der Waals surface area (Å²) in [6.07, 6.45) is 2.43. The van der Waals surface area contributed by atoms with Gasteiger partial charge in [-0.25, -0.2) is 5.01 Å². The maximum atomic E-state index is 12.1. The summed E-state index contributed by atoms with van der Waals surface area (Å²) in [6.45, 7) is 4.02. The molecule has 1 N–H and O–H groups in total. The van der Waals surface area contributed by atoms with Gasteiger partial charge in [0.25, 0.3) is 0 Å². The van der Waals surface area contributed by atoms with Crippen molar-refractivity contribution in [2.45, 2.75) is 31.8 Å². The molecule has 0 aliphatic carbocycles. The van der Waals surface area contributed by atoms with Crippen LogP contribution in [0.5, 0.6) is 5.75 Å². The van der Waals surface area contributed by atoms with Gasteiger partial charge in [0.15, 0.2) is 6.04 Å². The molecule has 5 rings (SSSR count). The van der Waals surface area contributed by atoms with Crippen LogP contribution in [0.4, 0.5) is 0 Å². The fourth-order valence-corrected chi connectivity index (χ4v) is 4.32. The molecule has 3 saturated heterocycles. The Hall–Kier alpha value is -1.88. The second kappa shape index (κ2) is 5.09. The van der Waals surface area contributed by atoms with Crippen LogP contribution < -0.4 is 9.64 Å². The Morgan fingerprint density at radius 2 is 1.95 bits per heavy atom. The molecule has 4 heterocycles. The van der Waals surface area contributed by atoms with Crippen molar-refractivity contribution in [1.82, 2.24) is 5.01 Å². The van der Waals surface area contributed by atoms with Crippen LogP contribution in [0.15, 0.2) is 29.4 Å². The third-order valence-electron chi connectivity index (χ3n) is 5.39. The highest BCUT2D eigenvalue weighted by Gasteiger charge is 2.53. The third kappa shape index (κ3) is 1.96. The summed E-state index contributed by atoms with van der Waals surface area (Å²) in [5.41, 5.74) is 2.41. The zero-order valence-electron chi connectivity index (χ0n) is 13.1. The fourth-order valence-electron chi connectivity index (χ4n) is 4.32. The summed E-state index contributed by atoms with van der Waals surface area (Å²) in [5, 5.41) is 6.45. The van der Waals surface area contributed by atoms with Crippen molar-refractivity contribution in [1.29, 1.82) is 0 Å². The number of methoxy groups -OCH3 is 1. The number of nitrogens with one attached hydrogen (secondary N) is 1. The lowest BCUT2D eigenvalue weighted by molar-refractivity contribution is -0.927. The number of benzene rings is 1. The molecule has 2 atom stereocenters. The minimum Gasteiger partial charge on any atom is -0.497 e. The van der Waals surface area contributed by atoms with E-state index in [9.17, 15) is 4.79 Å². The minimum absolute atomic E-state index is 0.0303. The number of amides is 1. The molecule has 1 amide bonds. The van der Waals surface area contributed by atoms with E-state index >= 15 is 0 Å². The number of hydrogen-bond acceptors (Lipinski definition) is 3. The van der Waals surface area contributed by atoms with E-state index in [0.717, 1.165) is 11.3 Å². The number of carbonyl (C=O) groups is 1. The van der Waals surface area contributed by atoms with Gasteiger partial charge >= 0.3 is 0 Å². The van der Waals surface area contributed by atoms with E-state index in [1.807, 2.05) is 12.1 Å². The molecule has 1 aromatic rings. The molecule has 5 heteroatoms. The number of hydrogen-bond donors (Lipinski definition) is 1. The summed E-state index contributed by atoms with van der Waals surface area (Å²) < 4.78 is 5.25. The summed E-state index contributed by atoms with van der Waals surface area (Å²) in [7, 11) is 1.67. The number of quaternary nitrogens is 1. The van der Waals surface area contributed by atoms with E-state index < -0.39 is 0 Å². The summed E-state index contributed by atoms with van der Waals surface area (Å²) in [6, 6.07) is 8.46. The Morgan fingerprint density at radius 3 is 2.55 bits per heavy atom. The van der Waals surface area contributed by atoms with Crippen LogP contribution in [0.1, 0.15) is 31.4 Å². The van der Waals surface area contributed by atoms with E-state index in [2.05, 4.69) is 12.1 Å². The number of hydrazone groups is 1. The Bertz CT molecular complexity index is 617. The number of ether oxygens (including phenoxy) is 1. The SMILES string of the molecule is COc1ccc([C@H]2[C@H]3C(=NN2C(C)=O)C2CC[NH+]3CC2)cc1. The van der Waals surface area contributed by atoms with Gasteiger partial charge in [-0.05, 0) is 17.7 Å². The van der Waals surface area contributed by atoms with Crippen LogP contribution >= 0.6 is 0 Å². The summed E-state index contributed by atoms with van der Waals surface area (Å²) in [5.74, 6) is 1.45. The van der Waals surface area contributed by atoms with Gasteiger partial charge in [0.2, 0.25) is 5.91 Å². The van der Waals surface area contributed by atoms with Crippen LogP contribution in [0, 0.1) is 5.92 Å². The average Bonchev–Trinajstić information content (AvgIpc) is 2.99. The quantitative estimate of drug-likeness (QED) is 0.871. The smallest absolute Gasteiger partial charge is 0.240 e. The van der Waals surface area contributed by atoms with Gasteiger partial charge in [0.1, 0.15) is 17.5 Å². The standard InChI is InChI=1S/C17H21N3O2/c1-11(21)20-16(13-3-5-14(22-2)6-4-13)17-15(18-20)12-7-9-19(17)10-8-12/h3-6,12,16-17H,7-10H2,1-2H3/p+1/t16-,17+/m0/s1. The maximum absolute atomic E-state index is 12.1. The van der Waals surface area contributed by atoms with Crippen LogP contribution in [0.3, 0.4) is 0 Å². The largest absolute Gasteiger partial charge is 0.497 e. The first-order valence-electron chi connectivity index (χ1n) is 8.05. The lowest BCUT2D eigenvalue weighted by Gasteiger charge is -2.42. The number of rotatable bonds is 2. The van der Waals surface area contributed by atoms with Crippen LogP contribution in [-0.2, 0) is 4.79 Å². The predicted octanol–water partition coefficient (Wildman–Crippen LogP) is 0.631. The molecule has 116 valence electrons. The second-order valence-electron chi connectivity index (χ2n) is 6.52. The van der Waals surface area contributed by atoms with Crippen molar-refractivity contribution >= 4 is 11.6 Å². The minimum atomic E-state index is 0.0303. The molecule has 22 heavy (non-hydrogen) atoms. The van der Waals surface area contributed by atoms with Crippen molar-refractivity contribution < 1.29 is 14.4 Å². The number of carbonyl (C=O) groups excluding carboxylic acids is 1. The van der Waals surface area contributed by atoms with Gasteiger partial charge in [0, 0.05) is 25.7 Å². The van der Waals surface area contributed by atoms with Gasteiger partial charge in [-0.3, -0.25) is 4.79 Å². The molecule has 5 nitrogen and oxygen atoms in total. The Morgan fingerprint density at radius 1 is 1.27 bits per heavy atom. The van der Waals surface area contributed by atoms with Crippen molar-refractivity contribution in [3.05, 3.63) is 29.8 Å². The van der Waals surface area contributed by atoms with E-state index in [4.69, 9.17) is 9.84 Å². The molecule has 2 bridgehead atoms. The molecule has 0 unspecified atom stereocenters. The fraction of sp³-hybridized carbons (Fsp3) is 0.529. The Balaban J connectivity index is 1.74. The Labute approximate surface area is 130 Å². The normalized spacial score (nSPS) is 32.6. The van der Waals surface area contributed by atoms with Gasteiger partial charge in [-0.15, -0.1) is 0 Å². The molecular weight excluding hydrogens is 278 g/mol. The molecule has 4 aliphatic rings. The van der Waals surface area contributed by atoms with Crippen molar-refractivity contribution in [3.8, 4) is 5.75 Å². The van der Waals surface area contributed by atoms with E-state index in [1.54, 1.807) is 23.9 Å².